The number of para-hydroxylation sites is 3. The molecule has 12 rings (SSSR count). The van der Waals surface area contributed by atoms with Crippen molar-refractivity contribution in [3.63, 3.8) is 0 Å². The second-order valence-electron chi connectivity index (χ2n) is 14.4. The van der Waals surface area contributed by atoms with Crippen LogP contribution in [0.15, 0.2) is 201 Å². The van der Waals surface area contributed by atoms with Gasteiger partial charge in [0.05, 0.1) is 5.69 Å². The number of benzene rings is 9. The number of anilines is 3. The Kier molecular flexibility index (Phi) is 6.60. The van der Waals surface area contributed by atoms with E-state index in [-0.39, 0.29) is 0 Å². The Labute approximate surface area is 321 Å². The number of nitrogens with zero attached hydrogens (tertiary/aromatic N) is 1. The van der Waals surface area contributed by atoms with Gasteiger partial charge in [0.25, 0.3) is 0 Å². The summed E-state index contributed by atoms with van der Waals surface area (Å²) in [6, 6.07) is 66.0. The molecule has 0 amide bonds. The average Bonchev–Trinajstić information content (AvgIpc) is 3.96. The molecule has 0 radical (unpaired) electrons. The summed E-state index contributed by atoms with van der Waals surface area (Å²) in [6.07, 6.45) is 0. The molecular weight excluding hydrogens is 687 g/mol. The van der Waals surface area contributed by atoms with E-state index in [9.17, 15) is 0 Å². The first-order chi connectivity index (χ1) is 27.8. The van der Waals surface area contributed by atoms with Gasteiger partial charge in [0.15, 0.2) is 5.58 Å². The van der Waals surface area contributed by atoms with Gasteiger partial charge >= 0.3 is 0 Å². The van der Waals surface area contributed by atoms with Crippen LogP contribution in [0, 0.1) is 0 Å². The molecule has 3 heterocycles. The third kappa shape index (κ3) is 4.60. The first kappa shape index (κ1) is 30.9. The zero-order valence-corrected chi connectivity index (χ0v) is 30.1. The maximum atomic E-state index is 6.90. The lowest BCUT2D eigenvalue weighted by Crippen LogP contribution is -2.10. The van der Waals surface area contributed by atoms with Crippen LogP contribution >= 0.6 is 0 Å². The van der Waals surface area contributed by atoms with Crippen LogP contribution in [0.1, 0.15) is 0 Å². The lowest BCUT2D eigenvalue weighted by Gasteiger charge is -2.26. The molecule has 0 bridgehead atoms. The van der Waals surface area contributed by atoms with Gasteiger partial charge in [0, 0.05) is 49.1 Å². The fourth-order valence-electron chi connectivity index (χ4n) is 8.73. The first-order valence-corrected chi connectivity index (χ1v) is 18.9. The second kappa shape index (κ2) is 12.0. The molecule has 0 saturated carbocycles. The summed E-state index contributed by atoms with van der Waals surface area (Å²) in [6.45, 7) is 0. The van der Waals surface area contributed by atoms with Gasteiger partial charge in [-0.25, -0.2) is 0 Å². The molecule has 4 heteroatoms. The van der Waals surface area contributed by atoms with Crippen molar-refractivity contribution in [2.75, 3.05) is 4.90 Å². The van der Waals surface area contributed by atoms with Crippen molar-refractivity contribution in [2.24, 2.45) is 0 Å². The van der Waals surface area contributed by atoms with Gasteiger partial charge in [-0.05, 0) is 88.3 Å². The summed E-state index contributed by atoms with van der Waals surface area (Å²) in [4.78, 5) is 2.31. The molecule has 0 aliphatic carbocycles. The van der Waals surface area contributed by atoms with Crippen LogP contribution in [0.2, 0.25) is 0 Å². The number of furan rings is 3. The van der Waals surface area contributed by atoms with Crippen LogP contribution < -0.4 is 4.90 Å². The Morgan fingerprint density at radius 1 is 0.304 bits per heavy atom. The molecule has 262 valence electrons. The van der Waals surface area contributed by atoms with Crippen molar-refractivity contribution in [1.82, 2.24) is 0 Å². The zero-order chi connectivity index (χ0) is 36.7. The van der Waals surface area contributed by atoms with Crippen molar-refractivity contribution < 1.29 is 13.3 Å². The summed E-state index contributed by atoms with van der Waals surface area (Å²) in [7, 11) is 0. The van der Waals surface area contributed by atoms with Gasteiger partial charge in [-0.3, -0.25) is 0 Å². The summed E-state index contributed by atoms with van der Waals surface area (Å²) in [5, 5.41) is 8.94. The highest BCUT2D eigenvalue weighted by Gasteiger charge is 2.21. The maximum Gasteiger partial charge on any atom is 0.159 e. The number of hydrogen-bond donors (Lipinski definition) is 0. The van der Waals surface area contributed by atoms with Crippen LogP contribution in [-0.4, -0.2) is 0 Å². The molecule has 0 fully saturated rings. The van der Waals surface area contributed by atoms with Crippen LogP contribution in [0.25, 0.3) is 98.8 Å². The van der Waals surface area contributed by atoms with Gasteiger partial charge in [0.1, 0.15) is 27.9 Å². The Bertz CT molecular complexity index is 3320. The second-order valence-corrected chi connectivity index (χ2v) is 14.4. The van der Waals surface area contributed by atoms with E-state index < -0.39 is 0 Å². The van der Waals surface area contributed by atoms with Gasteiger partial charge < -0.3 is 18.2 Å². The predicted octanol–water partition coefficient (Wildman–Crippen LogP) is 15.3. The van der Waals surface area contributed by atoms with Crippen molar-refractivity contribution in [3.05, 3.63) is 188 Å². The van der Waals surface area contributed by atoms with Crippen LogP contribution in [0.5, 0.6) is 0 Å². The largest absolute Gasteiger partial charge is 0.456 e. The third-order valence-corrected chi connectivity index (χ3v) is 11.3. The molecule has 0 atom stereocenters. The van der Waals surface area contributed by atoms with Gasteiger partial charge in [-0.2, -0.15) is 0 Å². The average molecular weight is 718 g/mol. The van der Waals surface area contributed by atoms with Crippen LogP contribution in [0.3, 0.4) is 0 Å². The molecule has 0 saturated heterocycles. The van der Waals surface area contributed by atoms with E-state index in [1.165, 1.54) is 0 Å². The van der Waals surface area contributed by atoms with E-state index in [0.717, 1.165) is 116 Å². The van der Waals surface area contributed by atoms with Crippen LogP contribution in [0.4, 0.5) is 17.1 Å². The molecule has 0 unspecified atom stereocenters. The number of fused-ring (bicyclic) bond motifs is 11. The summed E-state index contributed by atoms with van der Waals surface area (Å²) >= 11 is 0. The van der Waals surface area contributed by atoms with Crippen molar-refractivity contribution in [1.29, 1.82) is 0 Å². The molecular formula is C52H31NO3. The highest BCUT2D eigenvalue weighted by Crippen LogP contribution is 2.45. The first-order valence-electron chi connectivity index (χ1n) is 18.9. The molecule has 12 aromatic rings. The monoisotopic (exact) mass is 717 g/mol. The molecule has 0 aliphatic rings. The fourth-order valence-corrected chi connectivity index (χ4v) is 8.73. The Hall–Kier alpha value is -7.56. The van der Waals surface area contributed by atoms with E-state index in [1.807, 2.05) is 36.4 Å². The van der Waals surface area contributed by atoms with E-state index in [2.05, 4.69) is 157 Å². The molecule has 3 aromatic heterocycles. The zero-order valence-electron chi connectivity index (χ0n) is 30.1. The molecule has 0 aliphatic heterocycles. The summed E-state index contributed by atoms with van der Waals surface area (Å²) < 4.78 is 19.4. The van der Waals surface area contributed by atoms with E-state index in [0.29, 0.717) is 0 Å². The van der Waals surface area contributed by atoms with E-state index in [1.54, 1.807) is 0 Å². The SMILES string of the molecule is c1ccc2c(c1)ccc1c3cccc(N(c4ccc(-c5cccc6oc7ccccc7c56)cc4)c4ccc(-c5cccc6oc7ccccc7c56)cc4)c3oc21. The summed E-state index contributed by atoms with van der Waals surface area (Å²) in [5.41, 5.74) is 12.8. The highest BCUT2D eigenvalue weighted by atomic mass is 16.3. The minimum Gasteiger partial charge on any atom is -0.456 e. The molecule has 4 nitrogen and oxygen atoms in total. The van der Waals surface area contributed by atoms with Crippen molar-refractivity contribution in [3.8, 4) is 22.3 Å². The fraction of sp³-hybridized carbons (Fsp3) is 0. The Morgan fingerprint density at radius 2 is 0.786 bits per heavy atom. The van der Waals surface area contributed by atoms with Gasteiger partial charge in [-0.15, -0.1) is 0 Å². The third-order valence-electron chi connectivity index (χ3n) is 11.3. The molecule has 0 N–H and O–H groups in total. The number of rotatable bonds is 5. The number of hydrogen-bond acceptors (Lipinski definition) is 4. The quantitative estimate of drug-likeness (QED) is 0.178. The maximum absolute atomic E-state index is 6.90. The Balaban J connectivity index is 1.04. The van der Waals surface area contributed by atoms with Gasteiger partial charge in [-0.1, -0.05) is 127 Å². The molecule has 0 spiro atoms. The minimum atomic E-state index is 0.844. The molecule has 9 aromatic carbocycles. The molecule has 56 heavy (non-hydrogen) atoms. The highest BCUT2D eigenvalue weighted by molar-refractivity contribution is 6.18. The normalized spacial score (nSPS) is 11.9. The minimum absolute atomic E-state index is 0.844. The topological polar surface area (TPSA) is 42.7 Å². The van der Waals surface area contributed by atoms with E-state index in [4.69, 9.17) is 13.3 Å². The van der Waals surface area contributed by atoms with Crippen molar-refractivity contribution >= 4 is 93.7 Å². The standard InChI is InChI=1S/C52H31NO3/c1-2-11-39-32(10-1)26-31-41-40-16-7-17-44(52(40)56-51(39)41)53(35-27-22-33(23-28-35)37-14-8-20-47-49(37)42-12-3-5-18-45(42)54-47)36-29-24-34(25-30-36)38-15-9-21-48-50(38)43-13-4-6-19-46(43)55-48/h1-31H. The van der Waals surface area contributed by atoms with Crippen LogP contribution in [-0.2, 0) is 0 Å². The Morgan fingerprint density at radius 3 is 1.39 bits per heavy atom. The predicted molar refractivity (Wildman–Crippen MR) is 231 cm³/mol. The smallest absolute Gasteiger partial charge is 0.159 e. The lowest BCUT2D eigenvalue weighted by molar-refractivity contribution is 0.668. The lowest BCUT2D eigenvalue weighted by atomic mass is 9.98. The van der Waals surface area contributed by atoms with Crippen molar-refractivity contribution in [2.45, 2.75) is 0 Å². The van der Waals surface area contributed by atoms with E-state index >= 15 is 0 Å². The van der Waals surface area contributed by atoms with Gasteiger partial charge in [0.2, 0.25) is 0 Å². The summed E-state index contributed by atoms with van der Waals surface area (Å²) in [5.74, 6) is 0.